The van der Waals surface area contributed by atoms with E-state index in [2.05, 4.69) is 183 Å². The number of aryl methyl sites for hydroxylation is 4. The van der Waals surface area contributed by atoms with Gasteiger partial charge in [-0.25, -0.2) is 0 Å². The van der Waals surface area contributed by atoms with Gasteiger partial charge in [0, 0.05) is 37.4 Å². The number of nitrogens with zero attached hydrogens (tertiary/aromatic N) is 3. The van der Waals surface area contributed by atoms with Crippen LogP contribution in [0.5, 0.6) is 0 Å². The van der Waals surface area contributed by atoms with Crippen molar-refractivity contribution >= 4 is 33.0 Å². The van der Waals surface area contributed by atoms with Crippen molar-refractivity contribution in [3.05, 3.63) is 234 Å². The maximum atomic E-state index is 6.83. The van der Waals surface area contributed by atoms with E-state index in [9.17, 15) is 0 Å². The second-order valence-corrected chi connectivity index (χ2v) is 18.6. The van der Waals surface area contributed by atoms with Crippen LogP contribution in [0, 0.1) is 12.1 Å². The fourth-order valence-corrected chi connectivity index (χ4v) is 9.89. The summed E-state index contributed by atoms with van der Waals surface area (Å²) in [5, 5.41) is 2.16. The molecule has 4 aliphatic carbocycles. The van der Waals surface area contributed by atoms with Crippen LogP contribution in [0.3, 0.4) is 0 Å². The van der Waals surface area contributed by atoms with Crippen LogP contribution in [-0.4, -0.2) is 14.5 Å². The minimum atomic E-state index is 0. The Kier molecular flexibility index (Phi) is 13.1. The van der Waals surface area contributed by atoms with Crippen molar-refractivity contribution in [2.75, 3.05) is 0 Å². The molecule has 0 atom stereocenters. The number of hydrogen-bond donors (Lipinski definition) is 0. The Morgan fingerprint density at radius 1 is 0.551 bits per heavy atom. The van der Waals surface area contributed by atoms with Gasteiger partial charge in [-0.2, -0.15) is 0 Å². The minimum absolute atomic E-state index is 0. The zero-order valence-electron chi connectivity index (χ0n) is 39.5. The summed E-state index contributed by atoms with van der Waals surface area (Å²) in [4.78, 5) is 9.61. The van der Waals surface area contributed by atoms with Crippen LogP contribution in [0.15, 0.2) is 193 Å². The average Bonchev–Trinajstić information content (AvgIpc) is 3.96. The SMILES string of the molecule is CC(C)c1cc(-c2cc3ccc2CCc2ccc(cc2)CC3)cc(C(C)C)c1-n1c(-c2[c-]ccc3c2oc2cc(-c4ccccc4)ccc23)nc2ccccc21.[Ir].[c-]1ccccc1-c1ccccn1. The first-order valence-electron chi connectivity index (χ1n) is 24.0. The van der Waals surface area contributed by atoms with Gasteiger partial charge in [-0.15, -0.1) is 54.1 Å². The van der Waals surface area contributed by atoms with Crippen molar-refractivity contribution in [1.82, 2.24) is 14.5 Å². The maximum Gasteiger partial charge on any atom is 0.121 e. The third-order valence-corrected chi connectivity index (χ3v) is 13.5. The van der Waals surface area contributed by atoms with Crippen molar-refractivity contribution in [3.8, 4) is 50.6 Å². The second-order valence-electron chi connectivity index (χ2n) is 18.6. The van der Waals surface area contributed by atoms with E-state index in [0.717, 1.165) is 86.9 Å². The average molecular weight is 1070 g/mol. The number of benzene rings is 8. The quantitative estimate of drug-likeness (QED) is 0.149. The first kappa shape index (κ1) is 45.6. The molecule has 0 saturated carbocycles. The van der Waals surface area contributed by atoms with Gasteiger partial charge in [0.25, 0.3) is 0 Å². The molecule has 5 heteroatoms. The first-order valence-corrected chi connectivity index (χ1v) is 24.0. The predicted molar refractivity (Wildman–Crippen MR) is 281 cm³/mol. The predicted octanol–water partition coefficient (Wildman–Crippen LogP) is 16.4. The van der Waals surface area contributed by atoms with Gasteiger partial charge in [0.05, 0.1) is 22.4 Å². The fourth-order valence-electron chi connectivity index (χ4n) is 9.89. The zero-order valence-corrected chi connectivity index (χ0v) is 41.9. The molecule has 4 nitrogen and oxygen atoms in total. The molecule has 8 aromatic carbocycles. The third kappa shape index (κ3) is 9.13. The number of pyridine rings is 1. The molecule has 69 heavy (non-hydrogen) atoms. The second kappa shape index (κ2) is 19.8. The summed E-state index contributed by atoms with van der Waals surface area (Å²) >= 11 is 0. The standard InChI is InChI=1S/C53H45N2O.C11H8N.Ir/c1-33(2)45-30-41(47-29-37-22-21-35-17-19-36(20-18-35)23-25-39(47)26-24-37)31-46(34(3)4)51(45)55-49-16-9-8-15-48(49)54-53(55)44-14-10-13-43-42-28-27-40(32-50(42)56-52(43)44)38-11-6-5-7-12-38;1-2-6-10(7-3-1)11-8-4-5-9-12-11;/h5-13,15-20,24,26-34H,21-23,25H2,1-4H3;1-6,8-9H;/q2*-1;. The van der Waals surface area contributed by atoms with Crippen molar-refractivity contribution in [2.45, 2.75) is 65.2 Å². The van der Waals surface area contributed by atoms with Gasteiger partial charge in [0.2, 0.25) is 0 Å². The summed E-state index contributed by atoms with van der Waals surface area (Å²) < 4.78 is 9.24. The molecule has 0 aliphatic heterocycles. The number of rotatable bonds is 7. The molecule has 1 radical (unpaired) electrons. The van der Waals surface area contributed by atoms with Crippen LogP contribution in [0.4, 0.5) is 0 Å². The van der Waals surface area contributed by atoms with Gasteiger partial charge in [-0.3, -0.25) is 4.98 Å². The molecule has 0 fully saturated rings. The molecule has 4 aliphatic rings. The molecule has 0 spiro atoms. The fraction of sp³-hybridized carbons (Fsp3) is 0.156. The third-order valence-electron chi connectivity index (χ3n) is 13.5. The van der Waals surface area contributed by atoms with E-state index in [4.69, 9.17) is 9.40 Å². The van der Waals surface area contributed by atoms with E-state index in [1.165, 1.54) is 55.8 Å². The number of furan rings is 1. The molecule has 11 aromatic rings. The van der Waals surface area contributed by atoms with Crippen molar-refractivity contribution < 1.29 is 24.5 Å². The van der Waals surface area contributed by atoms with Gasteiger partial charge < -0.3 is 14.0 Å². The van der Waals surface area contributed by atoms with Crippen molar-refractivity contribution in [2.24, 2.45) is 0 Å². The molecule has 3 heterocycles. The smallest absolute Gasteiger partial charge is 0.121 e. The Labute approximate surface area is 419 Å². The van der Waals surface area contributed by atoms with E-state index in [1.807, 2.05) is 48.5 Å². The van der Waals surface area contributed by atoms with Crippen molar-refractivity contribution in [1.29, 1.82) is 0 Å². The molecular weight excluding hydrogens is 1020 g/mol. The van der Waals surface area contributed by atoms with E-state index in [1.54, 1.807) is 6.20 Å². The summed E-state index contributed by atoms with van der Waals surface area (Å²) in [7, 11) is 0. The van der Waals surface area contributed by atoms with Crippen LogP contribution in [0.25, 0.3) is 83.6 Å². The Hall–Kier alpha value is -7.17. The number of para-hydroxylation sites is 2. The molecule has 0 unspecified atom stereocenters. The van der Waals surface area contributed by atoms with Crippen LogP contribution in [0.2, 0.25) is 0 Å². The van der Waals surface area contributed by atoms with Crippen molar-refractivity contribution in [3.63, 3.8) is 0 Å². The molecule has 15 rings (SSSR count). The summed E-state index contributed by atoms with van der Waals surface area (Å²) in [6.45, 7) is 9.31. The first-order chi connectivity index (χ1) is 33.4. The van der Waals surface area contributed by atoms with Crippen LogP contribution < -0.4 is 0 Å². The molecule has 3 aromatic heterocycles. The molecule has 4 bridgehead atoms. The van der Waals surface area contributed by atoms with E-state index >= 15 is 0 Å². The van der Waals surface area contributed by atoms with Gasteiger partial charge in [-0.1, -0.05) is 148 Å². The van der Waals surface area contributed by atoms with Crippen LogP contribution in [-0.2, 0) is 45.8 Å². The Morgan fingerprint density at radius 2 is 1.25 bits per heavy atom. The normalized spacial score (nSPS) is 12.3. The molecular formula is C64H53IrN3O-2. The molecule has 0 saturated heterocycles. The largest absolute Gasteiger partial charge is 0.501 e. The number of hydrogen-bond acceptors (Lipinski definition) is 3. The van der Waals surface area contributed by atoms with Gasteiger partial charge >= 0.3 is 0 Å². The monoisotopic (exact) mass is 1070 g/mol. The Bertz CT molecular complexity index is 3490. The number of imidazole rings is 1. The summed E-state index contributed by atoms with van der Waals surface area (Å²) in [5.41, 5.74) is 21.0. The number of aromatic nitrogens is 3. The summed E-state index contributed by atoms with van der Waals surface area (Å²) in [6.07, 6.45) is 5.90. The molecule has 341 valence electrons. The zero-order chi connectivity index (χ0) is 46.1. The molecule has 0 amide bonds. The van der Waals surface area contributed by atoms with Crippen LogP contribution in [0.1, 0.15) is 72.9 Å². The van der Waals surface area contributed by atoms with E-state index in [0.29, 0.717) is 0 Å². The van der Waals surface area contributed by atoms with Crippen LogP contribution >= 0.6 is 0 Å². The molecule has 0 N–H and O–H groups in total. The van der Waals surface area contributed by atoms with E-state index in [-0.39, 0.29) is 31.9 Å². The Morgan fingerprint density at radius 3 is 1.97 bits per heavy atom. The Balaban J connectivity index is 0.000000371. The summed E-state index contributed by atoms with van der Waals surface area (Å²) in [5.74, 6) is 1.36. The minimum Gasteiger partial charge on any atom is -0.501 e. The van der Waals surface area contributed by atoms with Gasteiger partial charge in [-0.05, 0) is 135 Å². The van der Waals surface area contributed by atoms with E-state index < -0.39 is 0 Å². The number of fused-ring (bicyclic) bond motifs is 4. The van der Waals surface area contributed by atoms with Gasteiger partial charge in [0.15, 0.2) is 0 Å². The van der Waals surface area contributed by atoms with Gasteiger partial charge in [0.1, 0.15) is 5.58 Å². The summed E-state index contributed by atoms with van der Waals surface area (Å²) in [6, 6.07) is 71.6. The topological polar surface area (TPSA) is 43.9 Å². The maximum absolute atomic E-state index is 6.83.